The number of rotatable bonds is 13. The van der Waals surface area contributed by atoms with Crippen LogP contribution in [0.15, 0.2) is 0 Å². The standard InChI is InChI=1S/C15H33NO3S.ClH/c1-4-5-6-7-8-9-10-11-13-16(2,3)14-12-15-20(17,18)19;/h4-15H2,1-3H3;1H. The minimum atomic E-state index is -4.05. The molecule has 0 unspecified atom stereocenters. The van der Waals surface area contributed by atoms with Gasteiger partial charge < -0.3 is 9.04 Å². The molecular formula is C15H34ClNO3S. The summed E-state index contributed by atoms with van der Waals surface area (Å²) in [4.78, 5) is 0. The van der Waals surface area contributed by atoms with E-state index >= 15 is 0 Å². The number of halogens is 1. The van der Waals surface area contributed by atoms with Crippen LogP contribution in [0.1, 0.15) is 64.7 Å². The van der Waals surface area contributed by atoms with Crippen molar-refractivity contribution < 1.29 is 17.5 Å². The smallest absolute Gasteiger partial charge is 0.0948 e. The van der Waals surface area contributed by atoms with Crippen molar-refractivity contribution in [2.24, 2.45) is 0 Å². The van der Waals surface area contributed by atoms with E-state index in [1.807, 2.05) is 0 Å². The summed E-state index contributed by atoms with van der Waals surface area (Å²) in [6.45, 7) is 4.06. The van der Waals surface area contributed by atoms with Crippen molar-refractivity contribution in [1.29, 1.82) is 0 Å². The van der Waals surface area contributed by atoms with Gasteiger partial charge in [0.05, 0.1) is 37.3 Å². The van der Waals surface area contributed by atoms with Crippen molar-refractivity contribution in [2.75, 3.05) is 32.9 Å². The highest BCUT2D eigenvalue weighted by Crippen LogP contribution is 2.10. The van der Waals surface area contributed by atoms with Gasteiger partial charge in [0.2, 0.25) is 0 Å². The highest BCUT2D eigenvalue weighted by Gasteiger charge is 2.14. The number of unbranched alkanes of at least 4 members (excludes halogenated alkanes) is 7. The topological polar surface area (TPSA) is 57.2 Å². The van der Waals surface area contributed by atoms with Crippen molar-refractivity contribution >= 4 is 22.5 Å². The van der Waals surface area contributed by atoms with Crippen LogP contribution in [-0.4, -0.2) is 50.4 Å². The quantitative estimate of drug-likeness (QED) is 0.292. The van der Waals surface area contributed by atoms with E-state index in [9.17, 15) is 13.0 Å². The fourth-order valence-corrected chi connectivity index (χ4v) is 2.94. The Labute approximate surface area is 138 Å². The van der Waals surface area contributed by atoms with Crippen LogP contribution < -0.4 is 0 Å². The van der Waals surface area contributed by atoms with Gasteiger partial charge in [0.1, 0.15) is 0 Å². The van der Waals surface area contributed by atoms with Crippen LogP contribution in [0.5, 0.6) is 0 Å². The molecule has 0 aliphatic heterocycles. The molecule has 0 aliphatic rings. The van der Waals surface area contributed by atoms with E-state index in [0.717, 1.165) is 17.6 Å². The number of nitrogens with zero attached hydrogens (tertiary/aromatic N) is 1. The molecule has 0 saturated carbocycles. The average Bonchev–Trinajstić information content (AvgIpc) is 2.30. The van der Waals surface area contributed by atoms with E-state index in [-0.39, 0.29) is 18.2 Å². The zero-order valence-electron chi connectivity index (χ0n) is 14.0. The van der Waals surface area contributed by atoms with Crippen LogP contribution >= 0.6 is 12.4 Å². The number of hydrogen-bond donors (Lipinski definition) is 0. The van der Waals surface area contributed by atoms with Crippen molar-refractivity contribution in [1.82, 2.24) is 0 Å². The molecule has 21 heavy (non-hydrogen) atoms. The lowest BCUT2D eigenvalue weighted by atomic mass is 10.1. The summed E-state index contributed by atoms with van der Waals surface area (Å²) in [5.41, 5.74) is 0. The minimum Gasteiger partial charge on any atom is -0.748 e. The zero-order chi connectivity index (χ0) is 15.5. The monoisotopic (exact) mass is 343 g/mol. The van der Waals surface area contributed by atoms with Crippen molar-refractivity contribution in [2.45, 2.75) is 64.7 Å². The Morgan fingerprint density at radius 3 is 1.71 bits per heavy atom. The van der Waals surface area contributed by atoms with Crippen LogP contribution in [0.25, 0.3) is 0 Å². The van der Waals surface area contributed by atoms with E-state index in [1.165, 1.54) is 51.4 Å². The maximum Gasteiger partial charge on any atom is 0.0948 e. The summed E-state index contributed by atoms with van der Waals surface area (Å²) in [6.07, 6.45) is 10.9. The van der Waals surface area contributed by atoms with Gasteiger partial charge in [0, 0.05) is 12.2 Å². The Kier molecular flexibility index (Phi) is 14.1. The highest BCUT2D eigenvalue weighted by atomic mass is 35.5. The molecule has 0 aromatic heterocycles. The van der Waals surface area contributed by atoms with Crippen molar-refractivity contribution in [3.05, 3.63) is 0 Å². The molecule has 0 amide bonds. The summed E-state index contributed by atoms with van der Waals surface area (Å²) in [6, 6.07) is 0. The first kappa shape index (κ1) is 23.4. The SMILES string of the molecule is CCCCCCCCCC[N+](C)(C)CCCS(=O)(=O)[O-].Cl. The number of quaternary nitrogens is 1. The molecule has 4 nitrogen and oxygen atoms in total. The third-order valence-electron chi connectivity index (χ3n) is 3.77. The predicted octanol–water partition coefficient (Wildman–Crippen LogP) is 3.56. The Hall–Kier alpha value is 0.160. The van der Waals surface area contributed by atoms with Crippen molar-refractivity contribution in [3.8, 4) is 0 Å². The van der Waals surface area contributed by atoms with Gasteiger partial charge in [-0.15, -0.1) is 12.4 Å². The van der Waals surface area contributed by atoms with Crippen LogP contribution in [0.4, 0.5) is 0 Å². The first-order valence-corrected chi connectivity index (χ1v) is 9.60. The van der Waals surface area contributed by atoms with Gasteiger partial charge in [0.25, 0.3) is 0 Å². The van der Waals surface area contributed by atoms with E-state index in [1.54, 1.807) is 0 Å². The van der Waals surface area contributed by atoms with Gasteiger partial charge in [-0.2, -0.15) is 0 Å². The first-order chi connectivity index (χ1) is 9.27. The molecule has 0 saturated heterocycles. The predicted molar refractivity (Wildman–Crippen MR) is 90.9 cm³/mol. The van der Waals surface area contributed by atoms with Gasteiger partial charge >= 0.3 is 0 Å². The molecule has 0 spiro atoms. The third kappa shape index (κ3) is 18.1. The lowest BCUT2D eigenvalue weighted by Gasteiger charge is -2.30. The molecule has 0 N–H and O–H groups in total. The maximum atomic E-state index is 10.6. The largest absolute Gasteiger partial charge is 0.748 e. The Balaban J connectivity index is 0. The summed E-state index contributed by atoms with van der Waals surface area (Å²) >= 11 is 0. The number of hydrogen-bond acceptors (Lipinski definition) is 3. The van der Waals surface area contributed by atoms with E-state index in [2.05, 4.69) is 21.0 Å². The lowest BCUT2D eigenvalue weighted by Crippen LogP contribution is -2.41. The molecule has 0 rings (SSSR count). The molecule has 0 fully saturated rings. The molecule has 0 bridgehead atoms. The summed E-state index contributed by atoms with van der Waals surface area (Å²) in [5.74, 6) is -0.230. The Bertz CT molecular complexity index is 332. The second-order valence-electron chi connectivity index (χ2n) is 6.47. The van der Waals surface area contributed by atoms with E-state index in [4.69, 9.17) is 0 Å². The van der Waals surface area contributed by atoms with Crippen LogP contribution in [0, 0.1) is 0 Å². The van der Waals surface area contributed by atoms with Gasteiger partial charge in [0.15, 0.2) is 0 Å². The van der Waals surface area contributed by atoms with Crippen LogP contribution in [0.3, 0.4) is 0 Å². The average molecular weight is 344 g/mol. The fraction of sp³-hybridized carbons (Fsp3) is 1.00. The van der Waals surface area contributed by atoms with E-state index < -0.39 is 10.1 Å². The second-order valence-corrected chi connectivity index (χ2v) is 8.00. The van der Waals surface area contributed by atoms with E-state index in [0.29, 0.717) is 6.42 Å². The normalized spacial score (nSPS) is 12.2. The van der Waals surface area contributed by atoms with Crippen LogP contribution in [-0.2, 0) is 10.1 Å². The molecule has 0 radical (unpaired) electrons. The molecule has 0 aromatic rings. The molecule has 0 aliphatic carbocycles. The third-order valence-corrected chi connectivity index (χ3v) is 4.56. The molecule has 130 valence electrons. The van der Waals surface area contributed by atoms with Crippen LogP contribution in [0.2, 0.25) is 0 Å². The molecule has 0 heterocycles. The van der Waals surface area contributed by atoms with Gasteiger partial charge in [-0.25, -0.2) is 8.42 Å². The summed E-state index contributed by atoms with van der Waals surface area (Å²) < 4.78 is 32.5. The zero-order valence-corrected chi connectivity index (χ0v) is 15.6. The lowest BCUT2D eigenvalue weighted by molar-refractivity contribution is -0.890. The summed E-state index contributed by atoms with van der Waals surface area (Å²) in [5, 5.41) is 0. The van der Waals surface area contributed by atoms with Gasteiger partial charge in [-0.05, 0) is 12.8 Å². The maximum absolute atomic E-state index is 10.6. The second kappa shape index (κ2) is 12.7. The minimum absolute atomic E-state index is 0. The Morgan fingerprint density at radius 2 is 1.24 bits per heavy atom. The van der Waals surface area contributed by atoms with Crippen molar-refractivity contribution in [3.63, 3.8) is 0 Å². The van der Waals surface area contributed by atoms with Gasteiger partial charge in [-0.1, -0.05) is 45.4 Å². The highest BCUT2D eigenvalue weighted by molar-refractivity contribution is 7.85. The molecule has 0 aromatic carbocycles. The van der Waals surface area contributed by atoms with Gasteiger partial charge in [-0.3, -0.25) is 0 Å². The first-order valence-electron chi connectivity index (χ1n) is 8.02. The molecule has 6 heteroatoms. The molecular weight excluding hydrogens is 310 g/mol. The Morgan fingerprint density at radius 1 is 0.810 bits per heavy atom. The fourth-order valence-electron chi connectivity index (χ4n) is 2.45. The summed E-state index contributed by atoms with van der Waals surface area (Å²) in [7, 11) is 0.173. The molecule has 0 atom stereocenters.